The van der Waals surface area contributed by atoms with Crippen LogP contribution in [0.15, 0.2) is 30.6 Å². The number of aromatic nitrogens is 2. The Morgan fingerprint density at radius 1 is 1.22 bits per heavy atom. The number of rotatable bonds is 6. The highest BCUT2D eigenvalue weighted by Gasteiger charge is 2.25. The fraction of sp³-hybridized carbons (Fsp3) is 0.353. The van der Waals surface area contributed by atoms with Crippen LogP contribution in [0.2, 0.25) is 0 Å². The first-order chi connectivity index (χ1) is 11.2. The van der Waals surface area contributed by atoms with Crippen LogP contribution in [0.5, 0.6) is 11.5 Å². The number of nitrogens with one attached hydrogen (secondary N) is 1. The second-order valence-electron chi connectivity index (χ2n) is 5.46. The van der Waals surface area contributed by atoms with Gasteiger partial charge in [0.15, 0.2) is 0 Å². The highest BCUT2D eigenvalue weighted by Crippen LogP contribution is 2.38. The Balaban J connectivity index is 1.68. The lowest BCUT2D eigenvalue weighted by atomic mass is 10.2. The summed E-state index contributed by atoms with van der Waals surface area (Å²) in [6.07, 6.45) is 3.73. The van der Waals surface area contributed by atoms with Gasteiger partial charge in [-0.3, -0.25) is 4.79 Å². The van der Waals surface area contributed by atoms with E-state index < -0.39 is 0 Å². The van der Waals surface area contributed by atoms with E-state index in [0.29, 0.717) is 29.7 Å². The van der Waals surface area contributed by atoms with Gasteiger partial charge in [-0.2, -0.15) is 0 Å². The lowest BCUT2D eigenvalue weighted by molar-refractivity contribution is 0.0945. The molecule has 6 heteroatoms. The zero-order valence-electron chi connectivity index (χ0n) is 13.2. The molecule has 23 heavy (non-hydrogen) atoms. The van der Waals surface area contributed by atoms with Crippen LogP contribution in [0, 0.1) is 0 Å². The highest BCUT2D eigenvalue weighted by atomic mass is 16.5. The van der Waals surface area contributed by atoms with Crippen molar-refractivity contribution in [3.05, 3.63) is 47.5 Å². The highest BCUT2D eigenvalue weighted by molar-refractivity contribution is 5.92. The van der Waals surface area contributed by atoms with Crippen molar-refractivity contribution < 1.29 is 14.3 Å². The summed E-state index contributed by atoms with van der Waals surface area (Å²) in [7, 11) is 3.19. The van der Waals surface area contributed by atoms with Crippen LogP contribution in [0.25, 0.3) is 0 Å². The Hall–Kier alpha value is -2.63. The number of methoxy groups -OCH3 is 2. The van der Waals surface area contributed by atoms with Crippen molar-refractivity contribution in [1.29, 1.82) is 0 Å². The van der Waals surface area contributed by atoms with E-state index in [4.69, 9.17) is 9.47 Å². The molecule has 0 bridgehead atoms. The Morgan fingerprint density at radius 2 is 2.04 bits per heavy atom. The maximum Gasteiger partial charge on any atom is 0.270 e. The van der Waals surface area contributed by atoms with E-state index in [1.54, 1.807) is 26.4 Å². The second-order valence-corrected chi connectivity index (χ2v) is 5.46. The van der Waals surface area contributed by atoms with Crippen molar-refractivity contribution in [1.82, 2.24) is 15.3 Å². The third-order valence-electron chi connectivity index (χ3n) is 3.85. The smallest absolute Gasteiger partial charge is 0.270 e. The first-order valence-electron chi connectivity index (χ1n) is 7.52. The summed E-state index contributed by atoms with van der Waals surface area (Å²) >= 11 is 0. The van der Waals surface area contributed by atoms with Crippen LogP contribution < -0.4 is 14.8 Å². The minimum atomic E-state index is -0.216. The molecule has 0 saturated heterocycles. The summed E-state index contributed by atoms with van der Waals surface area (Å²) in [5, 5.41) is 2.86. The van der Waals surface area contributed by atoms with Gasteiger partial charge in [0.05, 0.1) is 14.2 Å². The molecular formula is C17H19N3O3. The average molecular weight is 313 g/mol. The summed E-state index contributed by atoms with van der Waals surface area (Å²) in [5.41, 5.74) is 2.22. The van der Waals surface area contributed by atoms with Gasteiger partial charge in [0.1, 0.15) is 23.5 Å². The molecule has 1 aliphatic rings. The molecule has 1 N–H and O–H groups in total. The van der Waals surface area contributed by atoms with E-state index in [2.05, 4.69) is 15.3 Å². The van der Waals surface area contributed by atoms with Crippen molar-refractivity contribution in [2.75, 3.05) is 14.2 Å². The second kappa shape index (κ2) is 6.64. The fourth-order valence-corrected chi connectivity index (χ4v) is 2.36. The summed E-state index contributed by atoms with van der Waals surface area (Å²) < 4.78 is 10.5. The molecule has 1 aliphatic carbocycles. The maximum atomic E-state index is 12.3. The third-order valence-corrected chi connectivity index (χ3v) is 3.85. The van der Waals surface area contributed by atoms with Crippen LogP contribution in [-0.2, 0) is 6.54 Å². The molecule has 120 valence electrons. The first-order valence-corrected chi connectivity index (χ1v) is 7.52. The van der Waals surface area contributed by atoms with Gasteiger partial charge in [0.25, 0.3) is 5.91 Å². The number of benzene rings is 1. The molecule has 0 atom stereocenters. The van der Waals surface area contributed by atoms with Gasteiger partial charge in [-0.15, -0.1) is 0 Å². The first kappa shape index (κ1) is 15.3. The Labute approximate surface area is 134 Å². The van der Waals surface area contributed by atoms with Crippen molar-refractivity contribution in [2.24, 2.45) is 0 Å². The minimum Gasteiger partial charge on any atom is -0.497 e. The molecule has 0 radical (unpaired) electrons. The molecule has 2 aromatic rings. The van der Waals surface area contributed by atoms with Gasteiger partial charge < -0.3 is 14.8 Å². The number of hydrogen-bond donors (Lipinski definition) is 1. The maximum absolute atomic E-state index is 12.3. The van der Waals surface area contributed by atoms with E-state index >= 15 is 0 Å². The Bertz CT molecular complexity index is 714. The molecule has 3 rings (SSSR count). The van der Waals surface area contributed by atoms with Crippen molar-refractivity contribution >= 4 is 5.91 Å². The van der Waals surface area contributed by atoms with E-state index in [1.165, 1.54) is 6.33 Å². The summed E-state index contributed by atoms with van der Waals surface area (Å²) in [6, 6.07) is 7.27. The Kier molecular flexibility index (Phi) is 4.41. The van der Waals surface area contributed by atoms with Gasteiger partial charge in [0, 0.05) is 29.8 Å². The number of ether oxygens (including phenoxy) is 2. The van der Waals surface area contributed by atoms with Crippen LogP contribution in [0.1, 0.15) is 40.5 Å². The molecule has 1 heterocycles. The fourth-order valence-electron chi connectivity index (χ4n) is 2.36. The predicted molar refractivity (Wildman–Crippen MR) is 84.7 cm³/mol. The lowest BCUT2D eigenvalue weighted by Gasteiger charge is -2.11. The Morgan fingerprint density at radius 3 is 2.74 bits per heavy atom. The quantitative estimate of drug-likeness (QED) is 0.886. The molecular weight excluding hydrogens is 294 g/mol. The van der Waals surface area contributed by atoms with Crippen molar-refractivity contribution in [3.63, 3.8) is 0 Å². The lowest BCUT2D eigenvalue weighted by Crippen LogP contribution is -2.24. The zero-order valence-corrected chi connectivity index (χ0v) is 13.2. The predicted octanol–water partition coefficient (Wildman–Crippen LogP) is 2.30. The molecule has 6 nitrogen and oxygen atoms in total. The van der Waals surface area contributed by atoms with Crippen LogP contribution >= 0.6 is 0 Å². The van der Waals surface area contributed by atoms with Gasteiger partial charge in [0.2, 0.25) is 0 Å². The van der Waals surface area contributed by atoms with E-state index in [-0.39, 0.29) is 5.91 Å². The molecule has 1 aromatic heterocycles. The van der Waals surface area contributed by atoms with E-state index in [9.17, 15) is 4.79 Å². The summed E-state index contributed by atoms with van der Waals surface area (Å²) in [4.78, 5) is 20.5. The van der Waals surface area contributed by atoms with Crippen LogP contribution in [0.3, 0.4) is 0 Å². The van der Waals surface area contributed by atoms with Gasteiger partial charge in [-0.1, -0.05) is 0 Å². The van der Waals surface area contributed by atoms with E-state index in [0.717, 1.165) is 24.1 Å². The molecule has 0 unspecified atom stereocenters. The SMILES string of the molecule is COc1ccc(CNC(=O)c2cc(C3CC3)ncn2)c(OC)c1. The van der Waals surface area contributed by atoms with Crippen LogP contribution in [0.4, 0.5) is 0 Å². The standard InChI is InChI=1S/C17H19N3O3/c1-22-13-6-5-12(16(7-13)23-2)9-18-17(21)15-8-14(11-3-4-11)19-10-20-15/h5-8,10-11H,3-4,9H2,1-2H3,(H,18,21). The van der Waals surface area contributed by atoms with Crippen LogP contribution in [-0.4, -0.2) is 30.1 Å². The minimum absolute atomic E-state index is 0.216. The number of nitrogens with zero attached hydrogens (tertiary/aromatic N) is 2. The summed E-state index contributed by atoms with van der Waals surface area (Å²) in [6.45, 7) is 0.356. The topological polar surface area (TPSA) is 73.3 Å². The largest absolute Gasteiger partial charge is 0.497 e. The van der Waals surface area contributed by atoms with Gasteiger partial charge in [-0.25, -0.2) is 9.97 Å². The molecule has 0 spiro atoms. The normalized spacial score (nSPS) is 13.5. The molecule has 0 aliphatic heterocycles. The monoisotopic (exact) mass is 313 g/mol. The third kappa shape index (κ3) is 3.59. The van der Waals surface area contributed by atoms with Gasteiger partial charge >= 0.3 is 0 Å². The van der Waals surface area contributed by atoms with Gasteiger partial charge in [-0.05, 0) is 31.0 Å². The molecule has 1 aromatic carbocycles. The molecule has 1 saturated carbocycles. The van der Waals surface area contributed by atoms with E-state index in [1.807, 2.05) is 12.1 Å². The molecule has 1 amide bonds. The van der Waals surface area contributed by atoms with Crippen molar-refractivity contribution in [2.45, 2.75) is 25.3 Å². The number of amides is 1. The molecule has 1 fully saturated rings. The summed E-state index contributed by atoms with van der Waals surface area (Å²) in [5.74, 6) is 1.66. The number of carbonyl (C=O) groups is 1. The zero-order chi connectivity index (χ0) is 16.2. The average Bonchev–Trinajstić information content (AvgIpc) is 3.44. The number of carbonyl (C=O) groups excluding carboxylic acids is 1. The number of hydrogen-bond acceptors (Lipinski definition) is 5. The van der Waals surface area contributed by atoms with Crippen molar-refractivity contribution in [3.8, 4) is 11.5 Å².